The molecule has 4 nitrogen and oxygen atoms in total. The van der Waals surface area contributed by atoms with Crippen LogP contribution in [0.2, 0.25) is 0 Å². The normalized spacial score (nSPS) is 11.4. The van der Waals surface area contributed by atoms with Crippen LogP contribution in [0, 0.1) is 0 Å². The summed E-state index contributed by atoms with van der Waals surface area (Å²) in [5.74, 6) is 0. The van der Waals surface area contributed by atoms with E-state index in [1.807, 2.05) is 18.2 Å². The Bertz CT molecular complexity index is 639. The summed E-state index contributed by atoms with van der Waals surface area (Å²) in [5, 5.41) is 9.88. The van der Waals surface area contributed by atoms with Crippen LogP contribution in [0.5, 0.6) is 0 Å². The fraction of sp³-hybridized carbons (Fsp3) is 0.400. The molecular weight excluding hydrogens is 322 g/mol. The second-order valence-electron chi connectivity index (χ2n) is 4.68. The lowest BCUT2D eigenvalue weighted by Crippen LogP contribution is -2.25. The first-order chi connectivity index (χ1) is 9.63. The van der Waals surface area contributed by atoms with Crippen molar-refractivity contribution in [2.24, 2.45) is 0 Å². The van der Waals surface area contributed by atoms with E-state index in [4.69, 9.17) is 9.52 Å². The molecule has 2 rings (SSSR count). The monoisotopic (exact) mass is 339 g/mol. The minimum absolute atomic E-state index is 0.182. The Morgan fingerprint density at radius 1 is 1.35 bits per heavy atom. The van der Waals surface area contributed by atoms with Gasteiger partial charge in [-0.25, -0.2) is 4.79 Å². The van der Waals surface area contributed by atoms with E-state index in [0.717, 1.165) is 34.9 Å². The SMILES string of the molecule is CCN(CCCO)Cc1cc(=O)oc2cc(Br)ccc12. The van der Waals surface area contributed by atoms with Crippen molar-refractivity contribution in [3.8, 4) is 0 Å². The summed E-state index contributed by atoms with van der Waals surface area (Å²) in [5.41, 5.74) is 1.23. The van der Waals surface area contributed by atoms with E-state index < -0.39 is 0 Å². The summed E-state index contributed by atoms with van der Waals surface area (Å²) in [6.45, 7) is 4.62. The molecule has 0 atom stereocenters. The van der Waals surface area contributed by atoms with Crippen LogP contribution in [0.15, 0.2) is 37.9 Å². The summed E-state index contributed by atoms with van der Waals surface area (Å²) in [6.07, 6.45) is 0.735. The quantitative estimate of drug-likeness (QED) is 0.822. The van der Waals surface area contributed by atoms with Gasteiger partial charge in [0.1, 0.15) is 5.58 Å². The van der Waals surface area contributed by atoms with Crippen molar-refractivity contribution in [1.82, 2.24) is 4.90 Å². The number of rotatable bonds is 6. The van der Waals surface area contributed by atoms with Crippen molar-refractivity contribution in [3.63, 3.8) is 0 Å². The number of benzene rings is 1. The topological polar surface area (TPSA) is 53.7 Å². The summed E-state index contributed by atoms with van der Waals surface area (Å²) in [6, 6.07) is 7.26. The third kappa shape index (κ3) is 3.69. The van der Waals surface area contributed by atoms with Crippen LogP contribution >= 0.6 is 15.9 Å². The van der Waals surface area contributed by atoms with Crippen LogP contribution in [0.1, 0.15) is 18.9 Å². The first-order valence-electron chi connectivity index (χ1n) is 6.69. The number of aliphatic hydroxyl groups excluding tert-OH is 1. The van der Waals surface area contributed by atoms with Crippen LogP contribution in [0.3, 0.4) is 0 Å². The van der Waals surface area contributed by atoms with E-state index in [-0.39, 0.29) is 12.2 Å². The molecule has 0 amide bonds. The van der Waals surface area contributed by atoms with Gasteiger partial charge in [-0.05, 0) is 36.7 Å². The summed E-state index contributed by atoms with van der Waals surface area (Å²) in [4.78, 5) is 13.9. The maximum absolute atomic E-state index is 11.7. The largest absolute Gasteiger partial charge is 0.423 e. The van der Waals surface area contributed by atoms with E-state index >= 15 is 0 Å². The van der Waals surface area contributed by atoms with E-state index in [1.165, 1.54) is 0 Å². The Morgan fingerprint density at radius 3 is 2.85 bits per heavy atom. The highest BCUT2D eigenvalue weighted by molar-refractivity contribution is 9.10. The minimum atomic E-state index is -0.330. The zero-order valence-electron chi connectivity index (χ0n) is 11.4. The van der Waals surface area contributed by atoms with Gasteiger partial charge in [0.05, 0.1) is 0 Å². The molecule has 0 aliphatic carbocycles. The molecule has 108 valence electrons. The lowest BCUT2D eigenvalue weighted by atomic mass is 10.1. The molecule has 0 radical (unpaired) electrons. The van der Waals surface area contributed by atoms with Gasteiger partial charge in [0.15, 0.2) is 0 Å². The first kappa shape index (κ1) is 15.2. The summed E-state index contributed by atoms with van der Waals surface area (Å²) in [7, 11) is 0. The number of hydrogen-bond donors (Lipinski definition) is 1. The Kier molecular flexibility index (Phi) is 5.34. The molecule has 0 saturated carbocycles. The Labute approximate surface area is 126 Å². The third-order valence-corrected chi connectivity index (χ3v) is 3.76. The zero-order chi connectivity index (χ0) is 14.5. The zero-order valence-corrected chi connectivity index (χ0v) is 13.0. The second kappa shape index (κ2) is 7.02. The fourth-order valence-electron chi connectivity index (χ4n) is 2.22. The van der Waals surface area contributed by atoms with Crippen LogP contribution in [0.25, 0.3) is 11.0 Å². The fourth-order valence-corrected chi connectivity index (χ4v) is 2.56. The molecule has 0 bridgehead atoms. The molecular formula is C15H18BrNO3. The molecule has 0 aliphatic heterocycles. The van der Waals surface area contributed by atoms with Crippen LogP contribution in [-0.4, -0.2) is 29.7 Å². The highest BCUT2D eigenvalue weighted by atomic mass is 79.9. The molecule has 0 saturated heterocycles. The molecule has 0 spiro atoms. The number of halogens is 1. The lowest BCUT2D eigenvalue weighted by Gasteiger charge is -2.20. The lowest BCUT2D eigenvalue weighted by molar-refractivity contribution is 0.225. The van der Waals surface area contributed by atoms with Gasteiger partial charge in [-0.2, -0.15) is 0 Å². The smallest absolute Gasteiger partial charge is 0.336 e. The van der Waals surface area contributed by atoms with Crippen LogP contribution < -0.4 is 5.63 Å². The molecule has 1 aromatic carbocycles. The number of fused-ring (bicyclic) bond motifs is 1. The molecule has 1 aromatic heterocycles. The maximum Gasteiger partial charge on any atom is 0.336 e. The number of aliphatic hydroxyl groups is 1. The standard InChI is InChI=1S/C15H18BrNO3/c1-2-17(6-3-7-18)10-11-8-15(19)20-14-9-12(16)4-5-13(11)14/h4-5,8-9,18H,2-3,6-7,10H2,1H3. The minimum Gasteiger partial charge on any atom is -0.423 e. The summed E-state index contributed by atoms with van der Waals surface area (Å²) >= 11 is 3.38. The van der Waals surface area contributed by atoms with E-state index in [1.54, 1.807) is 6.07 Å². The first-order valence-corrected chi connectivity index (χ1v) is 7.49. The Morgan fingerprint density at radius 2 is 2.15 bits per heavy atom. The highest BCUT2D eigenvalue weighted by Crippen LogP contribution is 2.22. The average molecular weight is 340 g/mol. The van der Waals surface area contributed by atoms with Gasteiger partial charge in [0, 0.05) is 35.6 Å². The van der Waals surface area contributed by atoms with E-state index in [9.17, 15) is 4.79 Å². The second-order valence-corrected chi connectivity index (χ2v) is 5.59. The molecule has 0 aliphatic rings. The third-order valence-electron chi connectivity index (χ3n) is 3.27. The van der Waals surface area contributed by atoms with Crippen molar-refractivity contribution in [2.75, 3.05) is 19.7 Å². The van der Waals surface area contributed by atoms with Crippen molar-refractivity contribution < 1.29 is 9.52 Å². The Hall–Kier alpha value is -1.17. The number of nitrogens with zero attached hydrogens (tertiary/aromatic N) is 1. The van der Waals surface area contributed by atoms with Crippen LogP contribution in [-0.2, 0) is 6.54 Å². The van der Waals surface area contributed by atoms with Gasteiger partial charge in [0.2, 0.25) is 0 Å². The van der Waals surface area contributed by atoms with Gasteiger partial charge in [0.25, 0.3) is 0 Å². The van der Waals surface area contributed by atoms with Gasteiger partial charge < -0.3 is 9.52 Å². The van der Waals surface area contributed by atoms with Crippen molar-refractivity contribution in [3.05, 3.63) is 44.7 Å². The maximum atomic E-state index is 11.7. The van der Waals surface area contributed by atoms with E-state index in [2.05, 4.69) is 27.8 Å². The summed E-state index contributed by atoms with van der Waals surface area (Å²) < 4.78 is 6.12. The number of hydrogen-bond acceptors (Lipinski definition) is 4. The molecule has 20 heavy (non-hydrogen) atoms. The van der Waals surface area contributed by atoms with Gasteiger partial charge in [-0.3, -0.25) is 4.90 Å². The predicted octanol–water partition coefficient (Wildman–Crippen LogP) is 2.76. The van der Waals surface area contributed by atoms with Gasteiger partial charge in [-0.1, -0.05) is 22.9 Å². The van der Waals surface area contributed by atoms with Crippen molar-refractivity contribution >= 4 is 26.9 Å². The van der Waals surface area contributed by atoms with Gasteiger partial charge >= 0.3 is 5.63 Å². The van der Waals surface area contributed by atoms with Crippen LogP contribution in [0.4, 0.5) is 0 Å². The van der Waals surface area contributed by atoms with Crippen molar-refractivity contribution in [2.45, 2.75) is 19.9 Å². The molecule has 2 aromatic rings. The van der Waals surface area contributed by atoms with E-state index in [0.29, 0.717) is 12.1 Å². The predicted molar refractivity (Wildman–Crippen MR) is 82.8 cm³/mol. The Balaban J connectivity index is 2.35. The van der Waals surface area contributed by atoms with Gasteiger partial charge in [-0.15, -0.1) is 0 Å². The molecule has 0 fully saturated rings. The molecule has 1 N–H and O–H groups in total. The molecule has 1 heterocycles. The molecule has 0 unspecified atom stereocenters. The average Bonchev–Trinajstić information content (AvgIpc) is 2.42. The molecule has 5 heteroatoms. The van der Waals surface area contributed by atoms with Crippen molar-refractivity contribution in [1.29, 1.82) is 0 Å². The highest BCUT2D eigenvalue weighted by Gasteiger charge is 2.10.